The second-order valence-electron chi connectivity index (χ2n) is 4.74. The Morgan fingerprint density at radius 1 is 1.14 bits per heavy atom. The van der Waals surface area contributed by atoms with Crippen molar-refractivity contribution >= 4 is 28.5 Å². The lowest BCUT2D eigenvalue weighted by atomic mass is 10.3. The lowest BCUT2D eigenvalue weighted by Gasteiger charge is -2.02. The van der Waals surface area contributed by atoms with Crippen LogP contribution in [0.15, 0.2) is 33.9 Å². The van der Waals surface area contributed by atoms with E-state index in [4.69, 9.17) is 5.73 Å². The molecule has 2 aromatic heterocycles. The van der Waals surface area contributed by atoms with Gasteiger partial charge in [-0.15, -0.1) is 0 Å². The maximum atomic E-state index is 12.0. The van der Waals surface area contributed by atoms with E-state index >= 15 is 0 Å². The topological polar surface area (TPSA) is 111 Å². The van der Waals surface area contributed by atoms with Gasteiger partial charge >= 0.3 is 5.69 Å². The molecule has 1 aromatic carbocycles. The maximum absolute atomic E-state index is 12.0. The van der Waals surface area contributed by atoms with Gasteiger partial charge in [-0.2, -0.15) is 4.98 Å². The second kappa shape index (κ2) is 4.51. The van der Waals surface area contributed by atoms with Crippen LogP contribution in [0.3, 0.4) is 0 Å². The number of aryl methyl sites for hydroxylation is 1. The Labute approximate surface area is 118 Å². The number of nitrogens with one attached hydrogen (secondary N) is 2. The molecule has 0 unspecified atom stereocenters. The number of benzene rings is 1. The van der Waals surface area contributed by atoms with Gasteiger partial charge in [0, 0.05) is 25.5 Å². The van der Waals surface area contributed by atoms with Crippen LogP contribution in [0.5, 0.6) is 0 Å². The molecular weight excluding hydrogens is 272 g/mol. The molecule has 0 spiro atoms. The number of aromatic nitrogens is 4. The number of aromatic amines is 1. The van der Waals surface area contributed by atoms with Crippen molar-refractivity contribution in [2.45, 2.75) is 0 Å². The number of hydrogen-bond donors (Lipinski definition) is 3. The number of hydrogen-bond acceptors (Lipinski definition) is 5. The molecule has 0 amide bonds. The van der Waals surface area contributed by atoms with Gasteiger partial charge in [0.25, 0.3) is 5.56 Å². The summed E-state index contributed by atoms with van der Waals surface area (Å²) < 4.78 is 2.36. The van der Waals surface area contributed by atoms with Gasteiger partial charge in [0.15, 0.2) is 11.2 Å². The first-order valence-electron chi connectivity index (χ1n) is 6.25. The van der Waals surface area contributed by atoms with Gasteiger partial charge in [-0.05, 0) is 24.3 Å². The van der Waals surface area contributed by atoms with E-state index in [2.05, 4.69) is 15.3 Å². The van der Waals surface area contributed by atoms with Crippen LogP contribution in [0.1, 0.15) is 0 Å². The Morgan fingerprint density at radius 2 is 1.81 bits per heavy atom. The number of fused-ring (bicyclic) bond motifs is 1. The standard InChI is InChI=1S/C13H14N6O2/c1-18-10-9(11(20)19(2)13(18)21)16-12(17-10)15-8-5-3-7(14)4-6-8/h3-6H,14H2,1-2H3,(H2,15,16,17). The zero-order valence-electron chi connectivity index (χ0n) is 11.5. The van der Waals surface area contributed by atoms with Crippen LogP contribution in [-0.4, -0.2) is 19.1 Å². The van der Waals surface area contributed by atoms with Crippen LogP contribution in [0.4, 0.5) is 17.3 Å². The minimum absolute atomic E-state index is 0.276. The molecule has 0 saturated carbocycles. The lowest BCUT2D eigenvalue weighted by Crippen LogP contribution is -2.36. The van der Waals surface area contributed by atoms with E-state index in [1.54, 1.807) is 31.3 Å². The third-order valence-electron chi connectivity index (χ3n) is 3.27. The highest BCUT2D eigenvalue weighted by Gasteiger charge is 2.13. The summed E-state index contributed by atoms with van der Waals surface area (Å²) in [5, 5.41) is 3.03. The Kier molecular flexibility index (Phi) is 2.79. The van der Waals surface area contributed by atoms with E-state index < -0.39 is 11.2 Å². The number of nitrogens with two attached hydrogens (primary N) is 1. The van der Waals surface area contributed by atoms with E-state index in [9.17, 15) is 9.59 Å². The average molecular weight is 286 g/mol. The van der Waals surface area contributed by atoms with Crippen molar-refractivity contribution in [1.29, 1.82) is 0 Å². The summed E-state index contributed by atoms with van der Waals surface area (Å²) in [6, 6.07) is 7.08. The van der Waals surface area contributed by atoms with Crippen LogP contribution in [0, 0.1) is 0 Å². The number of H-pyrrole nitrogens is 1. The molecule has 8 heteroatoms. The molecular formula is C13H14N6O2. The summed E-state index contributed by atoms with van der Waals surface area (Å²) in [5.74, 6) is 0.382. The molecule has 21 heavy (non-hydrogen) atoms. The van der Waals surface area contributed by atoms with Gasteiger partial charge in [-0.3, -0.25) is 13.9 Å². The molecule has 3 rings (SSSR count). The van der Waals surface area contributed by atoms with Crippen molar-refractivity contribution in [1.82, 2.24) is 19.1 Å². The van der Waals surface area contributed by atoms with Crippen LogP contribution in [0.2, 0.25) is 0 Å². The van der Waals surface area contributed by atoms with Crippen LogP contribution >= 0.6 is 0 Å². The second-order valence-corrected chi connectivity index (χ2v) is 4.74. The van der Waals surface area contributed by atoms with Gasteiger partial charge in [0.1, 0.15) is 0 Å². The van der Waals surface area contributed by atoms with Crippen molar-refractivity contribution in [2.75, 3.05) is 11.1 Å². The Hall–Kier alpha value is -3.03. The molecule has 0 aliphatic rings. The molecule has 0 saturated heterocycles. The molecule has 0 radical (unpaired) electrons. The quantitative estimate of drug-likeness (QED) is 0.586. The number of imidazole rings is 1. The van der Waals surface area contributed by atoms with Crippen molar-refractivity contribution in [3.63, 3.8) is 0 Å². The zero-order valence-corrected chi connectivity index (χ0v) is 11.5. The molecule has 3 aromatic rings. The monoisotopic (exact) mass is 286 g/mol. The molecule has 0 aliphatic carbocycles. The van der Waals surface area contributed by atoms with Crippen LogP contribution in [-0.2, 0) is 14.1 Å². The van der Waals surface area contributed by atoms with E-state index in [0.29, 0.717) is 17.3 Å². The maximum Gasteiger partial charge on any atom is 0.332 e. The first kappa shape index (κ1) is 13.0. The zero-order chi connectivity index (χ0) is 15.1. The summed E-state index contributed by atoms with van der Waals surface area (Å²) >= 11 is 0. The Balaban J connectivity index is 2.12. The van der Waals surface area contributed by atoms with Gasteiger partial charge in [0.2, 0.25) is 5.95 Å². The fourth-order valence-electron chi connectivity index (χ4n) is 2.09. The third-order valence-corrected chi connectivity index (χ3v) is 3.27. The predicted octanol–water partition coefficient (Wildman–Crippen LogP) is 0.286. The third kappa shape index (κ3) is 2.06. The number of rotatable bonds is 2. The fourth-order valence-corrected chi connectivity index (χ4v) is 2.09. The van der Waals surface area contributed by atoms with Crippen molar-refractivity contribution in [3.8, 4) is 0 Å². The molecule has 4 N–H and O–H groups in total. The van der Waals surface area contributed by atoms with Crippen molar-refractivity contribution in [2.24, 2.45) is 14.1 Å². The Morgan fingerprint density at radius 3 is 2.48 bits per heavy atom. The highest BCUT2D eigenvalue weighted by molar-refractivity contribution is 5.74. The molecule has 0 aliphatic heterocycles. The number of anilines is 3. The van der Waals surface area contributed by atoms with Crippen LogP contribution < -0.4 is 22.3 Å². The van der Waals surface area contributed by atoms with E-state index in [1.807, 2.05) is 0 Å². The van der Waals surface area contributed by atoms with Crippen molar-refractivity contribution in [3.05, 3.63) is 45.1 Å². The molecule has 8 nitrogen and oxygen atoms in total. The normalized spacial score (nSPS) is 11.0. The highest BCUT2D eigenvalue weighted by atomic mass is 16.2. The molecule has 2 heterocycles. The van der Waals surface area contributed by atoms with E-state index in [0.717, 1.165) is 10.3 Å². The van der Waals surface area contributed by atoms with Gasteiger partial charge in [0.05, 0.1) is 0 Å². The predicted molar refractivity (Wildman–Crippen MR) is 80.7 cm³/mol. The molecule has 0 atom stereocenters. The molecule has 0 bridgehead atoms. The van der Waals surface area contributed by atoms with Gasteiger partial charge < -0.3 is 16.0 Å². The first-order chi connectivity index (χ1) is 9.97. The molecule has 108 valence electrons. The largest absolute Gasteiger partial charge is 0.399 e. The van der Waals surface area contributed by atoms with Crippen molar-refractivity contribution < 1.29 is 0 Å². The summed E-state index contributed by atoms with van der Waals surface area (Å²) in [7, 11) is 3.00. The average Bonchev–Trinajstić information content (AvgIpc) is 2.89. The minimum atomic E-state index is -0.418. The summed E-state index contributed by atoms with van der Waals surface area (Å²) in [6.07, 6.45) is 0. The fraction of sp³-hybridized carbons (Fsp3) is 0.154. The Bertz CT molecular complexity index is 932. The lowest BCUT2D eigenvalue weighted by molar-refractivity contribution is 0.709. The SMILES string of the molecule is Cn1c(=O)c2[nH]c(Nc3ccc(N)cc3)nc2n(C)c1=O. The minimum Gasteiger partial charge on any atom is -0.399 e. The van der Waals surface area contributed by atoms with Gasteiger partial charge in [-0.1, -0.05) is 0 Å². The number of nitrogens with zero attached hydrogens (tertiary/aromatic N) is 3. The van der Waals surface area contributed by atoms with Crippen LogP contribution in [0.25, 0.3) is 11.2 Å². The summed E-state index contributed by atoms with van der Waals surface area (Å²) in [6.45, 7) is 0. The molecule has 0 fully saturated rings. The summed E-state index contributed by atoms with van der Waals surface area (Å²) in [5.41, 5.74) is 6.80. The van der Waals surface area contributed by atoms with E-state index in [-0.39, 0.29) is 5.52 Å². The van der Waals surface area contributed by atoms with E-state index in [1.165, 1.54) is 11.6 Å². The number of nitrogen functional groups attached to an aromatic ring is 1. The van der Waals surface area contributed by atoms with Gasteiger partial charge in [-0.25, -0.2) is 4.79 Å². The highest BCUT2D eigenvalue weighted by Crippen LogP contribution is 2.16. The smallest absolute Gasteiger partial charge is 0.332 e. The summed E-state index contributed by atoms with van der Waals surface area (Å²) in [4.78, 5) is 31.0. The first-order valence-corrected chi connectivity index (χ1v) is 6.25.